The lowest BCUT2D eigenvalue weighted by molar-refractivity contribution is -0.385. The fraction of sp³-hybridized carbons (Fsp3) is 0.286. The number of hydrogen-bond acceptors (Lipinski definition) is 6. The van der Waals surface area contributed by atoms with E-state index in [2.05, 4.69) is 4.98 Å². The summed E-state index contributed by atoms with van der Waals surface area (Å²) in [6.45, 7) is -0.247. The maximum Gasteiger partial charge on any atom is 0.348 e. The van der Waals surface area contributed by atoms with Crippen LogP contribution in [0.25, 0.3) is 0 Å². The molecule has 9 heteroatoms. The summed E-state index contributed by atoms with van der Waals surface area (Å²) in [6, 6.07) is -1.10. The Hall–Kier alpha value is -2.29. The molecule has 9 nitrogen and oxygen atoms in total. The van der Waals surface area contributed by atoms with Crippen molar-refractivity contribution >= 4 is 11.6 Å². The molecule has 1 atom stereocenters. The van der Waals surface area contributed by atoms with E-state index in [1.165, 1.54) is 0 Å². The quantitative estimate of drug-likeness (QED) is 0.447. The van der Waals surface area contributed by atoms with Crippen LogP contribution < -0.4 is 17.2 Å². The van der Waals surface area contributed by atoms with Crippen molar-refractivity contribution in [3.63, 3.8) is 0 Å². The van der Waals surface area contributed by atoms with Crippen LogP contribution in [0.2, 0.25) is 0 Å². The van der Waals surface area contributed by atoms with Crippen LogP contribution in [0.3, 0.4) is 0 Å². The van der Waals surface area contributed by atoms with Crippen molar-refractivity contribution in [1.82, 2.24) is 9.55 Å². The zero-order valence-electron chi connectivity index (χ0n) is 8.07. The molecule has 0 radical (unpaired) electrons. The number of aromatic nitrogens is 2. The second-order valence-corrected chi connectivity index (χ2v) is 3.01. The number of rotatable bonds is 4. The van der Waals surface area contributed by atoms with E-state index < -0.39 is 22.6 Å². The summed E-state index contributed by atoms with van der Waals surface area (Å²) in [5.41, 5.74) is 9.11. The Balaban J connectivity index is 3.03. The number of amides is 1. The van der Waals surface area contributed by atoms with Gasteiger partial charge in [-0.05, 0) is 0 Å². The highest BCUT2D eigenvalue weighted by Gasteiger charge is 2.14. The second kappa shape index (κ2) is 4.49. The minimum absolute atomic E-state index is 0.247. The molecule has 1 rings (SSSR count). The normalized spacial score (nSPS) is 12.1. The third kappa shape index (κ3) is 2.60. The van der Waals surface area contributed by atoms with Gasteiger partial charge in [-0.3, -0.25) is 19.5 Å². The molecule has 86 valence electrons. The highest BCUT2D eigenvalue weighted by atomic mass is 16.6. The Morgan fingerprint density at radius 1 is 1.69 bits per heavy atom. The van der Waals surface area contributed by atoms with Crippen LogP contribution in [0, 0.1) is 10.1 Å². The first-order valence-corrected chi connectivity index (χ1v) is 4.17. The Morgan fingerprint density at radius 3 is 2.81 bits per heavy atom. The summed E-state index contributed by atoms with van der Waals surface area (Å²) in [6.07, 6.45) is 1.78. The summed E-state index contributed by atoms with van der Waals surface area (Å²) in [5.74, 6) is -0.807. The van der Waals surface area contributed by atoms with Gasteiger partial charge >= 0.3 is 11.4 Å². The van der Waals surface area contributed by atoms with Gasteiger partial charge in [0.25, 0.3) is 0 Å². The zero-order chi connectivity index (χ0) is 12.3. The van der Waals surface area contributed by atoms with Crippen LogP contribution >= 0.6 is 0 Å². The molecule has 4 N–H and O–H groups in total. The van der Waals surface area contributed by atoms with Gasteiger partial charge in [-0.2, -0.15) is 4.98 Å². The minimum atomic E-state index is -1.10. The van der Waals surface area contributed by atoms with Crippen molar-refractivity contribution in [3.8, 4) is 0 Å². The van der Waals surface area contributed by atoms with Gasteiger partial charge in [0.2, 0.25) is 5.91 Å². The second-order valence-electron chi connectivity index (χ2n) is 3.01. The van der Waals surface area contributed by atoms with Gasteiger partial charge in [0.1, 0.15) is 12.2 Å². The molecule has 16 heavy (non-hydrogen) atoms. The number of carbonyl (C=O) groups is 1. The number of primary amides is 1. The van der Waals surface area contributed by atoms with E-state index in [1.807, 2.05) is 0 Å². The Bertz CT molecular complexity index is 482. The summed E-state index contributed by atoms with van der Waals surface area (Å²) >= 11 is 0. The van der Waals surface area contributed by atoms with Crippen LogP contribution in [-0.2, 0) is 11.3 Å². The smallest absolute Gasteiger partial charge is 0.348 e. The van der Waals surface area contributed by atoms with Gasteiger partial charge in [-0.25, -0.2) is 4.79 Å². The van der Waals surface area contributed by atoms with Crippen LogP contribution in [0.15, 0.2) is 17.2 Å². The molecule has 0 aliphatic heterocycles. The molecule has 1 aromatic heterocycles. The average Bonchev–Trinajstić information content (AvgIpc) is 2.20. The number of carbonyl (C=O) groups excluding carboxylic acids is 1. The number of nitro groups is 1. The van der Waals surface area contributed by atoms with Crippen LogP contribution in [-0.4, -0.2) is 26.4 Å². The number of nitrogens with zero attached hydrogens (tertiary/aromatic N) is 3. The fourth-order valence-electron chi connectivity index (χ4n) is 0.971. The molecule has 0 aliphatic rings. The van der Waals surface area contributed by atoms with E-state index in [0.717, 1.165) is 17.0 Å². The molecule has 1 amide bonds. The first kappa shape index (κ1) is 11.8. The summed E-state index contributed by atoms with van der Waals surface area (Å²) in [5, 5.41) is 10.4. The largest absolute Gasteiger partial charge is 0.368 e. The SMILES string of the molecule is NC(=O)C(N)Cn1cc([N+](=O)[O-])cnc1=O. The lowest BCUT2D eigenvalue weighted by Gasteiger charge is -2.08. The van der Waals surface area contributed by atoms with E-state index in [9.17, 15) is 19.7 Å². The van der Waals surface area contributed by atoms with Gasteiger partial charge < -0.3 is 11.5 Å². The molecule has 0 aromatic carbocycles. The van der Waals surface area contributed by atoms with Gasteiger partial charge in [0.15, 0.2) is 0 Å². The molecule has 1 heterocycles. The van der Waals surface area contributed by atoms with Crippen molar-refractivity contribution in [2.45, 2.75) is 12.6 Å². The van der Waals surface area contributed by atoms with Crippen LogP contribution in [0.1, 0.15) is 0 Å². The third-order valence-electron chi connectivity index (χ3n) is 1.81. The summed E-state index contributed by atoms with van der Waals surface area (Å²) < 4.78 is 0.869. The summed E-state index contributed by atoms with van der Waals surface area (Å²) in [7, 11) is 0. The van der Waals surface area contributed by atoms with Gasteiger partial charge in [0, 0.05) is 0 Å². The van der Waals surface area contributed by atoms with Gasteiger partial charge in [0.05, 0.1) is 17.7 Å². The molecule has 0 spiro atoms. The molecule has 0 fully saturated rings. The molecule has 0 saturated heterocycles. The van der Waals surface area contributed by atoms with Crippen LogP contribution in [0.4, 0.5) is 5.69 Å². The predicted octanol–water partition coefficient (Wildman–Crippen LogP) is -2.04. The number of nitrogens with two attached hydrogens (primary N) is 2. The molecular formula is C7H9N5O4. The first-order chi connectivity index (χ1) is 7.41. The third-order valence-corrected chi connectivity index (χ3v) is 1.81. The number of hydrogen-bond donors (Lipinski definition) is 2. The van der Waals surface area contributed by atoms with E-state index in [0.29, 0.717) is 0 Å². The maximum atomic E-state index is 11.2. The van der Waals surface area contributed by atoms with E-state index in [-0.39, 0.29) is 12.2 Å². The standard InChI is InChI=1S/C7H9N5O4/c8-5(6(9)13)3-11-2-4(12(15)16)1-10-7(11)14/h1-2,5H,3,8H2,(H2,9,13). The monoisotopic (exact) mass is 227 g/mol. The van der Waals surface area contributed by atoms with Crippen LogP contribution in [0.5, 0.6) is 0 Å². The molecule has 0 bridgehead atoms. The molecule has 0 aliphatic carbocycles. The Kier molecular flexibility index (Phi) is 3.30. The first-order valence-electron chi connectivity index (χ1n) is 4.17. The molecule has 0 saturated carbocycles. The highest BCUT2D eigenvalue weighted by Crippen LogP contribution is 2.04. The van der Waals surface area contributed by atoms with E-state index >= 15 is 0 Å². The molecular weight excluding hydrogens is 218 g/mol. The Morgan fingerprint density at radius 2 is 2.31 bits per heavy atom. The van der Waals surface area contributed by atoms with Gasteiger partial charge in [-0.15, -0.1) is 0 Å². The fourth-order valence-corrected chi connectivity index (χ4v) is 0.971. The predicted molar refractivity (Wildman–Crippen MR) is 52.3 cm³/mol. The average molecular weight is 227 g/mol. The van der Waals surface area contributed by atoms with Crippen molar-refractivity contribution in [2.24, 2.45) is 11.5 Å². The maximum absolute atomic E-state index is 11.2. The van der Waals surface area contributed by atoms with Gasteiger partial charge in [-0.1, -0.05) is 0 Å². The zero-order valence-corrected chi connectivity index (χ0v) is 8.07. The van der Waals surface area contributed by atoms with Crippen molar-refractivity contribution in [1.29, 1.82) is 0 Å². The lowest BCUT2D eigenvalue weighted by atomic mass is 10.3. The van der Waals surface area contributed by atoms with E-state index in [1.54, 1.807) is 0 Å². The molecule has 1 unspecified atom stereocenters. The topological polar surface area (TPSA) is 147 Å². The molecule has 1 aromatic rings. The van der Waals surface area contributed by atoms with Crippen molar-refractivity contribution in [2.75, 3.05) is 0 Å². The highest BCUT2D eigenvalue weighted by molar-refractivity contribution is 5.79. The Labute approximate surface area is 88.8 Å². The summed E-state index contributed by atoms with van der Waals surface area (Å²) in [4.78, 5) is 34.8. The van der Waals surface area contributed by atoms with E-state index in [4.69, 9.17) is 11.5 Å². The lowest BCUT2D eigenvalue weighted by Crippen LogP contribution is -2.42. The van der Waals surface area contributed by atoms with Crippen molar-refractivity contribution < 1.29 is 9.72 Å². The van der Waals surface area contributed by atoms with Crippen molar-refractivity contribution in [3.05, 3.63) is 33.0 Å². The minimum Gasteiger partial charge on any atom is -0.368 e.